The molecular weight excluding hydrogens is 252 g/mol. The SMILES string of the molecule is COC(=O)Cc1cc([N+](=O)[O-])nc(N)c1C(F)F. The van der Waals surface area contributed by atoms with Crippen molar-refractivity contribution < 1.29 is 23.2 Å². The molecule has 0 bridgehead atoms. The second-order valence-electron chi connectivity index (χ2n) is 3.25. The molecule has 18 heavy (non-hydrogen) atoms. The number of nitro groups is 1. The number of aromatic nitrogens is 1. The maximum Gasteiger partial charge on any atom is 0.366 e. The lowest BCUT2D eigenvalue weighted by atomic mass is 10.1. The van der Waals surface area contributed by atoms with E-state index in [1.165, 1.54) is 0 Å². The molecule has 0 saturated heterocycles. The molecule has 1 aromatic rings. The van der Waals surface area contributed by atoms with Crippen LogP contribution in [-0.2, 0) is 16.0 Å². The predicted octanol–water partition coefficient (Wildman–Crippen LogP) is 1.23. The Morgan fingerprint density at radius 3 is 2.72 bits per heavy atom. The van der Waals surface area contributed by atoms with Gasteiger partial charge in [0.25, 0.3) is 6.43 Å². The van der Waals surface area contributed by atoms with Crippen molar-refractivity contribution in [3.63, 3.8) is 0 Å². The number of hydrogen-bond acceptors (Lipinski definition) is 6. The Hall–Kier alpha value is -2.32. The molecule has 1 rings (SSSR count). The van der Waals surface area contributed by atoms with Crippen LogP contribution in [-0.4, -0.2) is 23.0 Å². The van der Waals surface area contributed by atoms with Crippen molar-refractivity contribution in [2.24, 2.45) is 0 Å². The van der Waals surface area contributed by atoms with E-state index in [0.29, 0.717) is 0 Å². The fraction of sp³-hybridized carbons (Fsp3) is 0.333. The van der Waals surface area contributed by atoms with E-state index in [4.69, 9.17) is 5.73 Å². The maximum absolute atomic E-state index is 12.7. The molecule has 1 aromatic heterocycles. The first-order valence-electron chi connectivity index (χ1n) is 4.65. The minimum Gasteiger partial charge on any atom is -0.469 e. The van der Waals surface area contributed by atoms with Crippen molar-refractivity contribution in [3.8, 4) is 0 Å². The molecule has 0 unspecified atom stereocenters. The average molecular weight is 261 g/mol. The quantitative estimate of drug-likeness (QED) is 0.496. The number of esters is 1. The summed E-state index contributed by atoms with van der Waals surface area (Å²) in [5.41, 5.74) is 4.27. The molecule has 0 aromatic carbocycles. The van der Waals surface area contributed by atoms with Gasteiger partial charge in [0.1, 0.15) is 0 Å². The van der Waals surface area contributed by atoms with Gasteiger partial charge in [0.2, 0.25) is 5.82 Å². The predicted molar refractivity (Wildman–Crippen MR) is 56.0 cm³/mol. The highest BCUT2D eigenvalue weighted by atomic mass is 19.3. The minimum atomic E-state index is -2.99. The summed E-state index contributed by atoms with van der Waals surface area (Å²) in [4.78, 5) is 23.9. The lowest BCUT2D eigenvalue weighted by Crippen LogP contribution is -2.11. The number of hydrogen-bond donors (Lipinski definition) is 1. The van der Waals surface area contributed by atoms with Gasteiger partial charge >= 0.3 is 11.8 Å². The summed E-state index contributed by atoms with van der Waals surface area (Å²) in [7, 11) is 1.07. The fourth-order valence-corrected chi connectivity index (χ4v) is 1.33. The largest absolute Gasteiger partial charge is 0.469 e. The van der Waals surface area contributed by atoms with Gasteiger partial charge in [-0.2, -0.15) is 0 Å². The number of alkyl halides is 2. The van der Waals surface area contributed by atoms with Gasteiger partial charge < -0.3 is 20.6 Å². The number of halogens is 2. The zero-order valence-electron chi connectivity index (χ0n) is 9.22. The summed E-state index contributed by atoms with van der Waals surface area (Å²) < 4.78 is 29.8. The van der Waals surface area contributed by atoms with Crippen LogP contribution in [0.5, 0.6) is 0 Å². The second kappa shape index (κ2) is 5.34. The van der Waals surface area contributed by atoms with Crippen LogP contribution in [0.15, 0.2) is 6.07 Å². The monoisotopic (exact) mass is 261 g/mol. The van der Waals surface area contributed by atoms with Crippen LogP contribution in [0, 0.1) is 10.1 Å². The molecule has 0 amide bonds. The highest BCUT2D eigenvalue weighted by Crippen LogP contribution is 2.30. The van der Waals surface area contributed by atoms with Crippen LogP contribution in [0.3, 0.4) is 0 Å². The van der Waals surface area contributed by atoms with Crippen LogP contribution in [0.2, 0.25) is 0 Å². The van der Waals surface area contributed by atoms with E-state index in [0.717, 1.165) is 13.2 Å². The Kier molecular flexibility index (Phi) is 4.08. The van der Waals surface area contributed by atoms with E-state index in [2.05, 4.69) is 9.72 Å². The molecule has 0 aliphatic heterocycles. The van der Waals surface area contributed by atoms with Crippen LogP contribution in [0.1, 0.15) is 17.6 Å². The van der Waals surface area contributed by atoms with Gasteiger partial charge in [0, 0.05) is 6.07 Å². The van der Waals surface area contributed by atoms with Gasteiger partial charge in [0.05, 0.1) is 19.1 Å². The Morgan fingerprint density at radius 1 is 1.67 bits per heavy atom. The standard InChI is InChI=1S/C9H9F2N3O4/c1-18-6(15)3-4-2-5(14(16)17)13-9(12)7(4)8(10)11/h2,8H,3H2,1H3,(H2,12,13). The molecule has 0 fully saturated rings. The molecule has 0 atom stereocenters. The van der Waals surface area contributed by atoms with E-state index >= 15 is 0 Å². The summed E-state index contributed by atoms with van der Waals surface area (Å²) in [5.74, 6) is -2.18. The van der Waals surface area contributed by atoms with Crippen molar-refractivity contribution in [2.75, 3.05) is 12.8 Å². The first kappa shape index (κ1) is 13.7. The molecule has 2 N–H and O–H groups in total. The Balaban J connectivity index is 3.33. The van der Waals surface area contributed by atoms with Gasteiger partial charge in [-0.05, 0) is 15.5 Å². The van der Waals surface area contributed by atoms with Crippen LogP contribution < -0.4 is 5.73 Å². The molecule has 0 aliphatic carbocycles. The summed E-state index contributed by atoms with van der Waals surface area (Å²) in [6.45, 7) is 0. The number of rotatable bonds is 4. The first-order chi connectivity index (χ1) is 8.36. The van der Waals surface area contributed by atoms with Gasteiger partial charge in [-0.3, -0.25) is 4.79 Å². The maximum atomic E-state index is 12.7. The van der Waals surface area contributed by atoms with Crippen LogP contribution in [0.25, 0.3) is 0 Å². The lowest BCUT2D eigenvalue weighted by Gasteiger charge is -2.08. The van der Waals surface area contributed by atoms with E-state index < -0.39 is 40.9 Å². The summed E-state index contributed by atoms with van der Waals surface area (Å²) >= 11 is 0. The van der Waals surface area contributed by atoms with Crippen LogP contribution >= 0.6 is 0 Å². The number of ether oxygens (including phenoxy) is 1. The number of methoxy groups -OCH3 is 1. The topological polar surface area (TPSA) is 108 Å². The second-order valence-corrected chi connectivity index (χ2v) is 3.25. The van der Waals surface area contributed by atoms with Crippen molar-refractivity contribution in [1.82, 2.24) is 4.98 Å². The molecule has 0 saturated carbocycles. The number of pyridine rings is 1. The molecule has 7 nitrogen and oxygen atoms in total. The summed E-state index contributed by atoms with van der Waals surface area (Å²) in [6.07, 6.45) is -3.53. The number of nitrogen functional groups attached to an aromatic ring is 1. The third kappa shape index (κ3) is 2.87. The zero-order chi connectivity index (χ0) is 13.9. The molecular formula is C9H9F2N3O4. The third-order valence-electron chi connectivity index (χ3n) is 2.13. The fourth-order valence-electron chi connectivity index (χ4n) is 1.33. The Morgan fingerprint density at radius 2 is 2.28 bits per heavy atom. The number of carbonyl (C=O) groups is 1. The minimum absolute atomic E-state index is 0.268. The molecule has 9 heteroatoms. The Labute approximate surface area is 99.7 Å². The molecule has 98 valence electrons. The van der Waals surface area contributed by atoms with Gasteiger partial charge in [-0.15, -0.1) is 0 Å². The number of carbonyl (C=O) groups excluding carboxylic acids is 1. The van der Waals surface area contributed by atoms with Crippen LogP contribution in [0.4, 0.5) is 20.4 Å². The third-order valence-corrected chi connectivity index (χ3v) is 2.13. The van der Waals surface area contributed by atoms with Crippen molar-refractivity contribution in [2.45, 2.75) is 12.8 Å². The van der Waals surface area contributed by atoms with E-state index in [1.54, 1.807) is 0 Å². The van der Waals surface area contributed by atoms with Crippen molar-refractivity contribution in [3.05, 3.63) is 27.3 Å². The number of nitrogens with two attached hydrogens (primary N) is 1. The zero-order valence-corrected chi connectivity index (χ0v) is 9.22. The van der Waals surface area contributed by atoms with E-state index in [9.17, 15) is 23.7 Å². The van der Waals surface area contributed by atoms with E-state index in [-0.39, 0.29) is 5.56 Å². The molecule has 0 aliphatic rings. The molecule has 1 heterocycles. The molecule has 0 spiro atoms. The first-order valence-corrected chi connectivity index (χ1v) is 4.65. The van der Waals surface area contributed by atoms with Gasteiger partial charge in [-0.25, -0.2) is 8.78 Å². The smallest absolute Gasteiger partial charge is 0.366 e. The van der Waals surface area contributed by atoms with Gasteiger partial charge in [-0.1, -0.05) is 0 Å². The Bertz CT molecular complexity index is 493. The number of nitrogens with zero attached hydrogens (tertiary/aromatic N) is 2. The van der Waals surface area contributed by atoms with Crippen molar-refractivity contribution >= 4 is 17.6 Å². The molecule has 0 radical (unpaired) electrons. The summed E-state index contributed by atoms with van der Waals surface area (Å²) in [5, 5.41) is 10.5. The highest BCUT2D eigenvalue weighted by Gasteiger charge is 2.26. The van der Waals surface area contributed by atoms with Crippen molar-refractivity contribution in [1.29, 1.82) is 0 Å². The normalized spacial score (nSPS) is 10.4. The summed E-state index contributed by atoms with van der Waals surface area (Å²) in [6, 6.07) is 0.786. The highest BCUT2D eigenvalue weighted by molar-refractivity contribution is 5.74. The lowest BCUT2D eigenvalue weighted by molar-refractivity contribution is -0.389. The van der Waals surface area contributed by atoms with Gasteiger partial charge in [0.15, 0.2) is 0 Å². The average Bonchev–Trinajstić information content (AvgIpc) is 2.27. The number of anilines is 1. The van der Waals surface area contributed by atoms with E-state index in [1.807, 2.05) is 0 Å².